The minimum atomic E-state index is -1.11. The zero-order chi connectivity index (χ0) is 26.2. The van der Waals surface area contributed by atoms with Crippen LogP contribution in [-0.2, 0) is 23.7 Å². The van der Waals surface area contributed by atoms with Crippen LogP contribution in [0.1, 0.15) is 89.4 Å². The molecule has 2 rings (SSSR count). The summed E-state index contributed by atoms with van der Waals surface area (Å²) >= 11 is 0. The largest absolute Gasteiger partial charge is 0.453 e. The Labute approximate surface area is 217 Å². The average Bonchev–Trinajstić information content (AvgIpc) is 2.89. The predicted molar refractivity (Wildman–Crippen MR) is 140 cm³/mol. The van der Waals surface area contributed by atoms with Gasteiger partial charge in [0.15, 0.2) is 6.10 Å². The maximum absolute atomic E-state index is 13.1. The van der Waals surface area contributed by atoms with E-state index >= 15 is 0 Å². The van der Waals surface area contributed by atoms with Gasteiger partial charge in [-0.15, -0.1) is 0 Å². The molecule has 0 unspecified atom stereocenters. The van der Waals surface area contributed by atoms with Gasteiger partial charge in [0, 0.05) is 26.4 Å². The van der Waals surface area contributed by atoms with E-state index in [0.717, 1.165) is 51.4 Å². The van der Waals surface area contributed by atoms with Crippen molar-refractivity contribution in [3.8, 4) is 0 Å². The van der Waals surface area contributed by atoms with E-state index in [1.54, 1.807) is 24.3 Å². The van der Waals surface area contributed by atoms with Gasteiger partial charge in [-0.3, -0.25) is 0 Å². The first-order chi connectivity index (χ1) is 17.6. The predicted octanol–water partition coefficient (Wildman–Crippen LogP) is 5.33. The molecule has 0 saturated heterocycles. The number of ether oxygens (including phenoxy) is 5. The molecule has 36 heavy (non-hydrogen) atoms. The highest BCUT2D eigenvalue weighted by atomic mass is 16.6. The van der Waals surface area contributed by atoms with Gasteiger partial charge >= 0.3 is 5.97 Å². The topological polar surface area (TPSA) is 83.5 Å². The minimum absolute atomic E-state index is 0.422. The molecule has 1 aliphatic rings. The molecule has 1 aromatic rings. The van der Waals surface area contributed by atoms with E-state index in [2.05, 4.69) is 27.7 Å². The molecule has 0 heterocycles. The lowest BCUT2D eigenvalue weighted by Crippen LogP contribution is -2.67. The Bertz CT molecular complexity index is 698. The van der Waals surface area contributed by atoms with Crippen molar-refractivity contribution in [1.82, 2.24) is 0 Å². The van der Waals surface area contributed by atoms with Crippen molar-refractivity contribution in [1.29, 1.82) is 0 Å². The second-order valence-corrected chi connectivity index (χ2v) is 9.48. The van der Waals surface area contributed by atoms with Crippen molar-refractivity contribution in [2.75, 3.05) is 26.4 Å². The number of esters is 1. The molecule has 0 radical (unpaired) electrons. The van der Waals surface area contributed by atoms with Gasteiger partial charge in [-0.2, -0.15) is 0 Å². The summed E-state index contributed by atoms with van der Waals surface area (Å²) in [6.45, 7) is 10.4. The smallest absolute Gasteiger partial charge is 0.338 e. The maximum Gasteiger partial charge on any atom is 0.338 e. The van der Waals surface area contributed by atoms with Crippen molar-refractivity contribution < 1.29 is 33.6 Å². The van der Waals surface area contributed by atoms with Gasteiger partial charge < -0.3 is 28.8 Å². The van der Waals surface area contributed by atoms with Crippen LogP contribution in [0.15, 0.2) is 30.3 Å². The second-order valence-electron chi connectivity index (χ2n) is 9.48. The van der Waals surface area contributed by atoms with Gasteiger partial charge in [-0.05, 0) is 37.8 Å². The number of aliphatic hydroxyl groups is 1. The molecule has 1 fully saturated rings. The summed E-state index contributed by atoms with van der Waals surface area (Å²) in [4.78, 5) is 13.1. The standard InChI is InChI=1S/C29H48O7/c1-5-9-18-32-24-23(30)25(36-29(31)22-16-14-13-15-17-22)27(34-20-11-7-3)28(35-21-12-8-4)26(24)33-19-10-6-2/h13-17,23-28,30H,5-12,18-21H2,1-4H3/t23-,24-,25+,26+,27-,28-/m0/s1. The molecule has 1 saturated carbocycles. The molecule has 1 N–H and O–H groups in total. The molecule has 0 bridgehead atoms. The Kier molecular flexibility index (Phi) is 15.2. The number of hydrogen-bond acceptors (Lipinski definition) is 7. The normalized spacial score (nSPS) is 26.1. The van der Waals surface area contributed by atoms with E-state index < -0.39 is 42.6 Å². The van der Waals surface area contributed by atoms with Crippen molar-refractivity contribution in [3.05, 3.63) is 35.9 Å². The molecular formula is C29H48O7. The molecule has 0 spiro atoms. The van der Waals surface area contributed by atoms with Crippen LogP contribution in [0, 0.1) is 0 Å². The zero-order valence-electron chi connectivity index (χ0n) is 22.7. The van der Waals surface area contributed by atoms with Crippen LogP contribution in [0.3, 0.4) is 0 Å². The summed E-state index contributed by atoms with van der Waals surface area (Å²) in [6.07, 6.45) is 2.91. The molecule has 206 valence electrons. The summed E-state index contributed by atoms with van der Waals surface area (Å²) < 4.78 is 31.2. The highest BCUT2D eigenvalue weighted by Crippen LogP contribution is 2.33. The molecule has 0 amide bonds. The maximum atomic E-state index is 13.1. The number of carbonyl (C=O) groups excluding carboxylic acids is 1. The number of carbonyl (C=O) groups is 1. The van der Waals surface area contributed by atoms with Gasteiger partial charge in [0.05, 0.1) is 5.56 Å². The Balaban J connectivity index is 2.39. The molecule has 0 aliphatic heterocycles. The van der Waals surface area contributed by atoms with E-state index in [1.165, 1.54) is 0 Å². The third kappa shape index (κ3) is 9.42. The van der Waals surface area contributed by atoms with Gasteiger partial charge in [0.1, 0.15) is 30.5 Å². The van der Waals surface area contributed by atoms with Crippen molar-refractivity contribution in [2.24, 2.45) is 0 Å². The van der Waals surface area contributed by atoms with Crippen molar-refractivity contribution >= 4 is 5.97 Å². The third-order valence-corrected chi connectivity index (χ3v) is 6.45. The summed E-state index contributed by atoms with van der Waals surface area (Å²) in [5.41, 5.74) is 0.422. The molecule has 7 heteroatoms. The number of aliphatic hydroxyl groups excluding tert-OH is 1. The van der Waals surface area contributed by atoms with Crippen LogP contribution >= 0.6 is 0 Å². The Morgan fingerprint density at radius 2 is 1.03 bits per heavy atom. The monoisotopic (exact) mass is 508 g/mol. The lowest BCUT2D eigenvalue weighted by molar-refractivity contribution is -0.265. The van der Waals surface area contributed by atoms with Crippen LogP contribution < -0.4 is 0 Å². The van der Waals surface area contributed by atoms with Gasteiger partial charge in [-0.25, -0.2) is 4.79 Å². The number of rotatable bonds is 18. The van der Waals surface area contributed by atoms with Crippen molar-refractivity contribution in [2.45, 2.75) is 116 Å². The van der Waals surface area contributed by atoms with Crippen LogP contribution in [-0.4, -0.2) is 74.1 Å². The number of unbranched alkanes of at least 4 members (excludes halogenated alkanes) is 4. The van der Waals surface area contributed by atoms with Gasteiger partial charge in [0.25, 0.3) is 0 Å². The van der Waals surface area contributed by atoms with Crippen LogP contribution in [0.2, 0.25) is 0 Å². The first kappa shape index (κ1) is 30.7. The summed E-state index contributed by atoms with van der Waals surface area (Å²) in [6, 6.07) is 8.82. The fraction of sp³-hybridized carbons (Fsp3) is 0.759. The van der Waals surface area contributed by atoms with Crippen LogP contribution in [0.4, 0.5) is 0 Å². The minimum Gasteiger partial charge on any atom is -0.453 e. The SMILES string of the molecule is CCCCO[C@@H]1[C@@H](OCCCC)[C@H](OC(=O)c2ccccc2)[C@@H](O)[C@H](OCCCC)[C@H]1OCCCC. The van der Waals surface area contributed by atoms with Crippen molar-refractivity contribution in [3.63, 3.8) is 0 Å². The van der Waals surface area contributed by atoms with Gasteiger partial charge in [0.2, 0.25) is 0 Å². The highest BCUT2D eigenvalue weighted by Gasteiger charge is 2.54. The molecule has 1 aromatic carbocycles. The van der Waals surface area contributed by atoms with Gasteiger partial charge in [-0.1, -0.05) is 71.6 Å². The highest BCUT2D eigenvalue weighted by molar-refractivity contribution is 5.89. The van der Waals surface area contributed by atoms with E-state index in [9.17, 15) is 9.90 Å². The molecular weight excluding hydrogens is 460 g/mol. The number of hydrogen-bond donors (Lipinski definition) is 1. The molecule has 0 aromatic heterocycles. The van der Waals surface area contributed by atoms with E-state index in [-0.39, 0.29) is 0 Å². The van der Waals surface area contributed by atoms with Crippen LogP contribution in [0.25, 0.3) is 0 Å². The summed E-state index contributed by atoms with van der Waals surface area (Å²) in [5, 5.41) is 11.5. The fourth-order valence-corrected chi connectivity index (χ4v) is 4.26. The van der Waals surface area contributed by atoms with E-state index in [1.807, 2.05) is 6.07 Å². The third-order valence-electron chi connectivity index (χ3n) is 6.45. The average molecular weight is 509 g/mol. The second kappa shape index (κ2) is 17.9. The molecule has 1 aliphatic carbocycles. The first-order valence-electron chi connectivity index (χ1n) is 14.0. The Morgan fingerprint density at radius 1 is 0.639 bits per heavy atom. The quantitative estimate of drug-likeness (QED) is 0.212. The van der Waals surface area contributed by atoms with E-state index in [4.69, 9.17) is 23.7 Å². The summed E-state index contributed by atoms with van der Waals surface area (Å²) in [7, 11) is 0. The van der Waals surface area contributed by atoms with E-state index in [0.29, 0.717) is 32.0 Å². The zero-order valence-corrected chi connectivity index (χ0v) is 22.7. The van der Waals surface area contributed by atoms with Crippen LogP contribution in [0.5, 0.6) is 0 Å². The first-order valence-corrected chi connectivity index (χ1v) is 14.0. The Morgan fingerprint density at radius 3 is 1.47 bits per heavy atom. The number of benzene rings is 1. The summed E-state index contributed by atoms with van der Waals surface area (Å²) in [5.74, 6) is -0.506. The lowest BCUT2D eigenvalue weighted by Gasteiger charge is -2.48. The molecule has 6 atom stereocenters. The fourth-order valence-electron chi connectivity index (χ4n) is 4.26. The Hall–Kier alpha value is -1.51. The lowest BCUT2D eigenvalue weighted by atomic mass is 9.83. The molecule has 7 nitrogen and oxygen atoms in total.